The second kappa shape index (κ2) is 5.92. The number of ether oxygens (including phenoxy) is 1. The van der Waals surface area contributed by atoms with Crippen LogP contribution in [0.2, 0.25) is 0 Å². The first-order valence-electron chi connectivity index (χ1n) is 7.95. The summed E-state index contributed by atoms with van der Waals surface area (Å²) in [6.45, 7) is 4.37. The highest BCUT2D eigenvalue weighted by Crippen LogP contribution is 2.32. The first kappa shape index (κ1) is 14.6. The maximum Gasteiger partial charge on any atom is 0.153 e. The van der Waals surface area contributed by atoms with Crippen LogP contribution in [0.15, 0.2) is 57.7 Å². The molecule has 2 heterocycles. The van der Waals surface area contributed by atoms with Gasteiger partial charge < -0.3 is 4.74 Å². The molecule has 1 aromatic heterocycles. The predicted molar refractivity (Wildman–Crippen MR) is 97.4 cm³/mol. The van der Waals surface area contributed by atoms with Gasteiger partial charge in [0.1, 0.15) is 5.76 Å². The van der Waals surface area contributed by atoms with Crippen LogP contribution in [0.1, 0.15) is 24.1 Å². The van der Waals surface area contributed by atoms with E-state index in [1.165, 1.54) is 5.57 Å². The Bertz CT molecular complexity index is 943. The number of nitrogens with one attached hydrogen (secondary N) is 1. The highest BCUT2D eigenvalue weighted by atomic mass is 16.5. The van der Waals surface area contributed by atoms with Crippen molar-refractivity contribution < 1.29 is 4.74 Å². The summed E-state index contributed by atoms with van der Waals surface area (Å²) in [4.78, 5) is 8.15. The van der Waals surface area contributed by atoms with Gasteiger partial charge in [0.05, 0.1) is 17.8 Å². The molecule has 1 aliphatic heterocycles. The maximum absolute atomic E-state index is 5.65. The van der Waals surface area contributed by atoms with E-state index in [2.05, 4.69) is 51.2 Å². The van der Waals surface area contributed by atoms with Crippen LogP contribution in [0.4, 0.5) is 0 Å². The number of nitrogens with zero attached hydrogens (tertiary/aromatic N) is 3. The van der Waals surface area contributed by atoms with E-state index in [1.54, 1.807) is 7.05 Å². The molecule has 1 saturated heterocycles. The molecule has 5 nitrogen and oxygen atoms in total. The molecule has 2 aromatic rings. The molecule has 0 atom stereocenters. The van der Waals surface area contributed by atoms with Crippen LogP contribution in [0.5, 0.6) is 0 Å². The van der Waals surface area contributed by atoms with Gasteiger partial charge in [-0.3, -0.25) is 10.1 Å². The minimum absolute atomic E-state index is 0.631. The van der Waals surface area contributed by atoms with Gasteiger partial charge in [0.25, 0.3) is 0 Å². The highest BCUT2D eigenvalue weighted by Gasteiger charge is 2.18. The SMILES string of the molecule is C=NC(=NC)c1ccc2[nH]nc(C3=CC=C4OCCC4=CC3)c2c1. The molecule has 0 radical (unpaired) electrons. The van der Waals surface area contributed by atoms with Crippen molar-refractivity contribution in [2.45, 2.75) is 12.8 Å². The zero-order valence-corrected chi connectivity index (χ0v) is 13.5. The lowest BCUT2D eigenvalue weighted by atomic mass is 10.0. The number of H-pyrrole nitrogens is 1. The monoisotopic (exact) mass is 318 g/mol. The fourth-order valence-corrected chi connectivity index (χ4v) is 3.19. The van der Waals surface area contributed by atoms with Crippen molar-refractivity contribution in [3.63, 3.8) is 0 Å². The first-order valence-corrected chi connectivity index (χ1v) is 7.95. The number of amidine groups is 1. The van der Waals surface area contributed by atoms with E-state index in [-0.39, 0.29) is 0 Å². The van der Waals surface area contributed by atoms with E-state index >= 15 is 0 Å². The normalized spacial score (nSPS) is 17.5. The number of aliphatic imine (C=N–C) groups is 2. The summed E-state index contributed by atoms with van der Waals surface area (Å²) in [6, 6.07) is 6.04. The van der Waals surface area contributed by atoms with Gasteiger partial charge in [0.15, 0.2) is 5.84 Å². The van der Waals surface area contributed by atoms with Gasteiger partial charge in [-0.05, 0) is 48.6 Å². The Morgan fingerprint density at radius 3 is 3.04 bits per heavy atom. The number of allylic oxidation sites excluding steroid dienone is 5. The van der Waals surface area contributed by atoms with Crippen molar-refractivity contribution in [1.82, 2.24) is 10.2 Å². The second-order valence-electron chi connectivity index (χ2n) is 5.79. The molecule has 4 rings (SSSR count). The number of rotatable bonds is 2. The van der Waals surface area contributed by atoms with Gasteiger partial charge in [-0.2, -0.15) is 5.10 Å². The summed E-state index contributed by atoms with van der Waals surface area (Å²) < 4.78 is 5.65. The number of aromatic nitrogens is 2. The third kappa shape index (κ3) is 2.38. The van der Waals surface area contributed by atoms with E-state index in [0.717, 1.165) is 52.9 Å². The smallest absolute Gasteiger partial charge is 0.153 e. The number of hydrogen-bond acceptors (Lipinski definition) is 3. The standard InChI is InChI=1S/C19H18N4O/c1-20-19(21-2)14-5-7-16-15(11-14)18(23-22-16)13-4-3-12-9-10-24-17(12)8-6-13/h3,5-8,11H,1,4,9-10H2,2H3,(H,22,23). The van der Waals surface area contributed by atoms with Crippen molar-refractivity contribution in [1.29, 1.82) is 0 Å². The molecule has 1 N–H and O–H groups in total. The van der Waals surface area contributed by atoms with Crippen molar-refractivity contribution >= 4 is 29.0 Å². The molecule has 5 heteroatoms. The van der Waals surface area contributed by atoms with Gasteiger partial charge in [-0.15, -0.1) is 0 Å². The molecule has 0 amide bonds. The minimum atomic E-state index is 0.631. The van der Waals surface area contributed by atoms with Gasteiger partial charge >= 0.3 is 0 Å². The molecule has 1 aliphatic carbocycles. The molecular formula is C19H18N4O. The van der Waals surface area contributed by atoms with Gasteiger partial charge in [-0.1, -0.05) is 12.2 Å². The molecule has 0 bridgehead atoms. The Morgan fingerprint density at radius 2 is 2.21 bits per heavy atom. The van der Waals surface area contributed by atoms with E-state index in [4.69, 9.17) is 4.74 Å². The Morgan fingerprint density at radius 1 is 1.29 bits per heavy atom. The van der Waals surface area contributed by atoms with Crippen LogP contribution in [0, 0.1) is 0 Å². The fraction of sp³-hybridized carbons (Fsp3) is 0.211. The van der Waals surface area contributed by atoms with Crippen LogP contribution in [-0.2, 0) is 4.74 Å². The molecule has 0 unspecified atom stereocenters. The van der Waals surface area contributed by atoms with E-state index < -0.39 is 0 Å². The number of benzene rings is 1. The van der Waals surface area contributed by atoms with Crippen LogP contribution < -0.4 is 0 Å². The first-order chi connectivity index (χ1) is 11.8. The predicted octanol–water partition coefficient (Wildman–Crippen LogP) is 3.66. The summed E-state index contributed by atoms with van der Waals surface area (Å²) in [5.74, 6) is 1.62. The topological polar surface area (TPSA) is 62.6 Å². The Balaban J connectivity index is 1.80. The highest BCUT2D eigenvalue weighted by molar-refractivity contribution is 6.05. The molecule has 1 fully saturated rings. The van der Waals surface area contributed by atoms with Crippen LogP contribution in [-0.4, -0.2) is 36.4 Å². The van der Waals surface area contributed by atoms with Crippen LogP contribution in [0.3, 0.4) is 0 Å². The quantitative estimate of drug-likeness (QED) is 0.678. The second-order valence-corrected chi connectivity index (χ2v) is 5.79. The summed E-state index contributed by atoms with van der Waals surface area (Å²) in [7, 11) is 1.72. The summed E-state index contributed by atoms with van der Waals surface area (Å²) in [5, 5.41) is 8.70. The van der Waals surface area contributed by atoms with Crippen molar-refractivity contribution in [2.24, 2.45) is 9.98 Å². The molecular weight excluding hydrogens is 300 g/mol. The third-order valence-corrected chi connectivity index (χ3v) is 4.44. The number of hydrogen-bond donors (Lipinski definition) is 1. The third-order valence-electron chi connectivity index (χ3n) is 4.44. The average Bonchev–Trinajstić information content (AvgIpc) is 3.19. The van der Waals surface area contributed by atoms with Crippen molar-refractivity contribution in [2.75, 3.05) is 13.7 Å². The molecule has 2 aliphatic rings. The van der Waals surface area contributed by atoms with Gasteiger partial charge in [0.2, 0.25) is 0 Å². The lowest BCUT2D eigenvalue weighted by molar-refractivity contribution is 0.266. The molecule has 1 aromatic carbocycles. The zero-order chi connectivity index (χ0) is 16.5. The number of aromatic amines is 1. The maximum atomic E-state index is 5.65. The van der Waals surface area contributed by atoms with Crippen LogP contribution in [0.25, 0.3) is 16.5 Å². The van der Waals surface area contributed by atoms with Crippen molar-refractivity contribution in [3.8, 4) is 0 Å². The lowest BCUT2D eigenvalue weighted by Gasteiger charge is -2.03. The largest absolute Gasteiger partial charge is 0.493 e. The van der Waals surface area contributed by atoms with E-state index in [9.17, 15) is 0 Å². The minimum Gasteiger partial charge on any atom is -0.493 e. The zero-order valence-electron chi connectivity index (χ0n) is 13.5. The van der Waals surface area contributed by atoms with Crippen molar-refractivity contribution in [3.05, 3.63) is 59.0 Å². The Hall–Kier alpha value is -2.95. The van der Waals surface area contributed by atoms with Gasteiger partial charge in [-0.25, -0.2) is 4.99 Å². The van der Waals surface area contributed by atoms with Crippen LogP contribution >= 0.6 is 0 Å². The summed E-state index contributed by atoms with van der Waals surface area (Å²) in [5.41, 5.74) is 5.35. The lowest BCUT2D eigenvalue weighted by Crippen LogP contribution is -1.96. The molecule has 0 saturated carbocycles. The average molecular weight is 318 g/mol. The van der Waals surface area contributed by atoms with Gasteiger partial charge in [0, 0.05) is 24.4 Å². The Kier molecular flexibility index (Phi) is 3.61. The summed E-state index contributed by atoms with van der Waals surface area (Å²) in [6.07, 6.45) is 8.23. The van der Waals surface area contributed by atoms with E-state index in [1.807, 2.05) is 12.1 Å². The fourth-order valence-electron chi connectivity index (χ4n) is 3.19. The molecule has 24 heavy (non-hydrogen) atoms. The molecule has 120 valence electrons. The Labute approximate surface area is 140 Å². The van der Waals surface area contributed by atoms with E-state index in [0.29, 0.717) is 5.84 Å². The summed E-state index contributed by atoms with van der Waals surface area (Å²) >= 11 is 0. The number of fused-ring (bicyclic) bond motifs is 2. The molecule has 0 spiro atoms.